The molecule has 0 radical (unpaired) electrons. The highest BCUT2D eigenvalue weighted by atomic mass is 32.2. The summed E-state index contributed by atoms with van der Waals surface area (Å²) in [5.41, 5.74) is 2.29. The van der Waals surface area contributed by atoms with E-state index in [1.165, 1.54) is 15.3 Å². The van der Waals surface area contributed by atoms with Crippen LogP contribution < -0.4 is 0 Å². The van der Waals surface area contributed by atoms with Crippen molar-refractivity contribution in [3.63, 3.8) is 0 Å². The molecule has 0 atom stereocenters. The van der Waals surface area contributed by atoms with E-state index in [1.54, 1.807) is 23.1 Å². The number of hydrogen-bond acceptors (Lipinski definition) is 4. The largest absolute Gasteiger partial charge is 0.241 e. The molecule has 0 unspecified atom stereocenters. The third-order valence-electron chi connectivity index (χ3n) is 2.37. The highest BCUT2D eigenvalue weighted by molar-refractivity contribution is 7.98. The van der Waals surface area contributed by atoms with E-state index in [9.17, 15) is 0 Å². The Morgan fingerprint density at radius 3 is 2.50 bits per heavy atom. The number of hydrogen-bond donors (Lipinski definition) is 1. The van der Waals surface area contributed by atoms with Crippen molar-refractivity contribution in [1.82, 2.24) is 4.98 Å². The minimum Gasteiger partial charge on any atom is -0.241 e. The molecule has 0 aliphatic heterocycles. The summed E-state index contributed by atoms with van der Waals surface area (Å²) in [4.78, 5) is 7.11. The zero-order valence-corrected chi connectivity index (χ0v) is 11.8. The van der Waals surface area contributed by atoms with E-state index in [4.69, 9.17) is 0 Å². The van der Waals surface area contributed by atoms with E-state index < -0.39 is 0 Å². The molecule has 2 aromatic rings. The molecule has 0 saturated heterocycles. The highest BCUT2D eigenvalue weighted by Crippen LogP contribution is 2.29. The molecule has 2 rings (SSSR count). The van der Waals surface area contributed by atoms with Crippen LogP contribution in [0.25, 0.3) is 10.6 Å². The first-order valence-electron chi connectivity index (χ1n) is 4.96. The zero-order chi connectivity index (χ0) is 11.5. The first kappa shape index (κ1) is 12.0. The third-order valence-corrected chi connectivity index (χ3v) is 4.85. The van der Waals surface area contributed by atoms with Crippen molar-refractivity contribution >= 4 is 35.7 Å². The molecule has 0 fully saturated rings. The molecule has 0 bridgehead atoms. The van der Waals surface area contributed by atoms with Gasteiger partial charge >= 0.3 is 0 Å². The first-order valence-corrected chi connectivity index (χ1v) is 7.63. The van der Waals surface area contributed by atoms with Crippen molar-refractivity contribution in [2.24, 2.45) is 0 Å². The maximum Gasteiger partial charge on any atom is 0.123 e. The molecule has 1 heterocycles. The molecule has 4 heteroatoms. The van der Waals surface area contributed by atoms with Gasteiger partial charge in [0.1, 0.15) is 5.01 Å². The van der Waals surface area contributed by atoms with Crippen LogP contribution in [-0.2, 0) is 5.75 Å². The summed E-state index contributed by atoms with van der Waals surface area (Å²) in [6.45, 7) is 2.04. The number of thiazole rings is 1. The molecule has 1 nitrogen and oxygen atoms in total. The van der Waals surface area contributed by atoms with E-state index in [2.05, 4.69) is 48.1 Å². The normalized spacial score (nSPS) is 10.7. The summed E-state index contributed by atoms with van der Waals surface area (Å²) in [7, 11) is 0. The number of nitrogens with zero attached hydrogens (tertiary/aromatic N) is 1. The standard InChI is InChI=1S/C12H13NS3/c1-8-11(7-14)16-12(13-8)9-3-5-10(15-2)6-4-9/h3-6,14H,7H2,1-2H3. The van der Waals surface area contributed by atoms with E-state index >= 15 is 0 Å². The third kappa shape index (κ3) is 2.44. The Balaban J connectivity index is 2.34. The van der Waals surface area contributed by atoms with Crippen molar-refractivity contribution in [1.29, 1.82) is 0 Å². The Labute approximate surface area is 110 Å². The SMILES string of the molecule is CSc1ccc(-c2nc(C)c(CS)s2)cc1. The minimum atomic E-state index is 0.770. The van der Waals surface area contributed by atoms with Gasteiger partial charge in [-0.3, -0.25) is 0 Å². The van der Waals surface area contributed by atoms with Crippen molar-refractivity contribution < 1.29 is 0 Å². The van der Waals surface area contributed by atoms with E-state index in [1.807, 2.05) is 6.92 Å². The van der Waals surface area contributed by atoms with Gasteiger partial charge in [-0.1, -0.05) is 12.1 Å². The van der Waals surface area contributed by atoms with Gasteiger partial charge in [0.15, 0.2) is 0 Å². The van der Waals surface area contributed by atoms with E-state index in [0.29, 0.717) is 0 Å². The predicted molar refractivity (Wildman–Crippen MR) is 76.8 cm³/mol. The second-order valence-electron chi connectivity index (χ2n) is 3.41. The Morgan fingerprint density at radius 2 is 2.00 bits per heavy atom. The molecular weight excluding hydrogens is 254 g/mol. The molecule has 1 aromatic heterocycles. The summed E-state index contributed by atoms with van der Waals surface area (Å²) in [6, 6.07) is 8.53. The summed E-state index contributed by atoms with van der Waals surface area (Å²) < 4.78 is 0. The molecule has 0 spiro atoms. The molecule has 1 aromatic carbocycles. The summed E-state index contributed by atoms with van der Waals surface area (Å²) in [6.07, 6.45) is 2.08. The van der Waals surface area contributed by atoms with Crippen molar-refractivity contribution in [3.05, 3.63) is 34.8 Å². The number of rotatable bonds is 3. The van der Waals surface area contributed by atoms with Crippen LogP contribution in [0.3, 0.4) is 0 Å². The summed E-state index contributed by atoms with van der Waals surface area (Å²) in [5, 5.41) is 1.09. The Hall–Kier alpha value is -0.450. The fourth-order valence-corrected chi connectivity index (χ4v) is 3.19. The molecule has 0 saturated carbocycles. The highest BCUT2D eigenvalue weighted by Gasteiger charge is 2.07. The monoisotopic (exact) mass is 267 g/mol. The molecule has 0 N–H and O–H groups in total. The Morgan fingerprint density at radius 1 is 1.31 bits per heavy atom. The fourth-order valence-electron chi connectivity index (χ4n) is 1.43. The summed E-state index contributed by atoms with van der Waals surface area (Å²) >= 11 is 7.79. The lowest BCUT2D eigenvalue weighted by molar-refractivity contribution is 1.22. The van der Waals surface area contributed by atoms with Crippen LogP contribution in [-0.4, -0.2) is 11.2 Å². The lowest BCUT2D eigenvalue weighted by atomic mass is 10.2. The molecule has 84 valence electrons. The molecular formula is C12H13NS3. The van der Waals surface area contributed by atoms with Gasteiger partial charge in [0.2, 0.25) is 0 Å². The van der Waals surface area contributed by atoms with Crippen molar-refractivity contribution in [2.75, 3.05) is 6.26 Å². The zero-order valence-electron chi connectivity index (χ0n) is 9.23. The van der Waals surface area contributed by atoms with Gasteiger partial charge in [-0.05, 0) is 25.3 Å². The van der Waals surface area contributed by atoms with Gasteiger partial charge in [-0.2, -0.15) is 12.6 Å². The van der Waals surface area contributed by atoms with Crippen LogP contribution in [0.4, 0.5) is 0 Å². The first-order chi connectivity index (χ1) is 7.74. The van der Waals surface area contributed by atoms with Crippen LogP contribution in [0.5, 0.6) is 0 Å². The quantitative estimate of drug-likeness (QED) is 0.659. The molecule has 0 amide bonds. The van der Waals surface area contributed by atoms with Crippen LogP contribution in [0.1, 0.15) is 10.6 Å². The van der Waals surface area contributed by atoms with Crippen LogP contribution in [0.15, 0.2) is 29.2 Å². The number of aryl methyl sites for hydroxylation is 1. The predicted octanol–water partition coefficient (Wildman–Crippen LogP) is 4.27. The second kappa shape index (κ2) is 5.25. The Bertz CT molecular complexity index is 474. The summed E-state index contributed by atoms with van der Waals surface area (Å²) in [5.74, 6) is 0.770. The lowest BCUT2D eigenvalue weighted by Crippen LogP contribution is -1.78. The van der Waals surface area contributed by atoms with Crippen molar-refractivity contribution in [2.45, 2.75) is 17.6 Å². The number of aromatic nitrogens is 1. The Kier molecular flexibility index (Phi) is 3.95. The van der Waals surface area contributed by atoms with Crippen molar-refractivity contribution in [3.8, 4) is 10.6 Å². The minimum absolute atomic E-state index is 0.770. The number of benzene rings is 1. The van der Waals surface area contributed by atoms with Gasteiger partial charge in [0, 0.05) is 21.1 Å². The van der Waals surface area contributed by atoms with Gasteiger partial charge in [-0.15, -0.1) is 23.1 Å². The molecule has 0 aliphatic carbocycles. The van der Waals surface area contributed by atoms with Gasteiger partial charge in [0.05, 0.1) is 5.69 Å². The van der Waals surface area contributed by atoms with Gasteiger partial charge < -0.3 is 0 Å². The second-order valence-corrected chi connectivity index (χ2v) is 5.69. The number of thioether (sulfide) groups is 1. The fraction of sp³-hybridized carbons (Fsp3) is 0.250. The number of thiol groups is 1. The molecule has 0 aliphatic rings. The maximum atomic E-state index is 4.57. The van der Waals surface area contributed by atoms with Gasteiger partial charge in [0.25, 0.3) is 0 Å². The van der Waals surface area contributed by atoms with E-state index in [-0.39, 0.29) is 0 Å². The maximum absolute atomic E-state index is 4.57. The lowest BCUT2D eigenvalue weighted by Gasteiger charge is -1.98. The average Bonchev–Trinajstić information content (AvgIpc) is 2.71. The smallest absolute Gasteiger partial charge is 0.123 e. The van der Waals surface area contributed by atoms with E-state index in [0.717, 1.165) is 16.5 Å². The molecule has 16 heavy (non-hydrogen) atoms. The van der Waals surface area contributed by atoms with Crippen LogP contribution in [0.2, 0.25) is 0 Å². The van der Waals surface area contributed by atoms with Gasteiger partial charge in [-0.25, -0.2) is 4.98 Å². The van der Waals surface area contributed by atoms with Crippen LogP contribution in [0, 0.1) is 6.92 Å². The van der Waals surface area contributed by atoms with Crippen LogP contribution >= 0.6 is 35.7 Å². The average molecular weight is 267 g/mol. The topological polar surface area (TPSA) is 12.9 Å².